The van der Waals surface area contributed by atoms with E-state index in [2.05, 4.69) is 34.6 Å². The number of aliphatic hydroxyl groups is 1. The minimum absolute atomic E-state index is 0.106. The number of esters is 4. The molecule has 0 aliphatic carbocycles. The number of phosphoric acid groups is 2. The number of carbonyl (C=O) groups is 4. The van der Waals surface area contributed by atoms with Gasteiger partial charge in [-0.3, -0.25) is 37.3 Å². The molecule has 0 bridgehead atoms. The highest BCUT2D eigenvalue weighted by molar-refractivity contribution is 7.47. The smallest absolute Gasteiger partial charge is 0.462 e. The molecule has 19 heteroatoms. The zero-order valence-corrected chi connectivity index (χ0v) is 65.0. The van der Waals surface area contributed by atoms with E-state index in [9.17, 15) is 43.2 Å². The summed E-state index contributed by atoms with van der Waals surface area (Å²) in [6.45, 7) is 7.21. The first kappa shape index (κ1) is 95.1. The van der Waals surface area contributed by atoms with Gasteiger partial charge in [-0.2, -0.15) is 0 Å². The summed E-state index contributed by atoms with van der Waals surface area (Å²) in [5.41, 5.74) is 0. The Kier molecular flexibility index (Phi) is 69.6. The van der Waals surface area contributed by atoms with Crippen LogP contribution < -0.4 is 0 Å². The number of phosphoric ester groups is 2. The molecule has 3 N–H and O–H groups in total. The standard InChI is InChI=1S/C78H152O17P2/c1-6-9-12-15-18-21-24-26-28-30-32-34-36-38-40-43-45-51-56-61-75(80)88-67-73(94-78(83)64-59-54-47-44-41-39-37-35-33-31-29-27-25-22-19-16-13-10-7-2)69-92-96(84,85)90-65-72(79)66-91-97(86,87)93-70-74(68-89-76(81)62-57-52-49-48-50-55-60-71(4)5)95-77(82)63-58-53-46-42-23-20-17-14-11-8-3/h71-74,79H,6-70H2,1-5H3,(H,84,85)(H,86,87)/t72-,73-,74-/m1/s1. The summed E-state index contributed by atoms with van der Waals surface area (Å²) in [5.74, 6) is -1.43. The molecule has 0 radical (unpaired) electrons. The van der Waals surface area contributed by atoms with Gasteiger partial charge >= 0.3 is 39.5 Å². The number of hydrogen-bond acceptors (Lipinski definition) is 15. The first-order chi connectivity index (χ1) is 47.0. The van der Waals surface area contributed by atoms with E-state index in [-0.39, 0.29) is 25.7 Å². The number of hydrogen-bond donors (Lipinski definition) is 3. The average Bonchev–Trinajstić information content (AvgIpc) is 1.79. The lowest BCUT2D eigenvalue weighted by Gasteiger charge is -2.21. The molecule has 0 aromatic heterocycles. The summed E-state index contributed by atoms with van der Waals surface area (Å²) in [7, 11) is -9.91. The van der Waals surface area contributed by atoms with Crippen LogP contribution in [0.25, 0.3) is 0 Å². The van der Waals surface area contributed by atoms with Gasteiger partial charge in [0, 0.05) is 25.7 Å². The van der Waals surface area contributed by atoms with Crippen LogP contribution in [0.4, 0.5) is 0 Å². The normalized spacial score (nSPS) is 13.9. The Morgan fingerprint density at radius 2 is 0.474 bits per heavy atom. The van der Waals surface area contributed by atoms with Crippen molar-refractivity contribution in [2.75, 3.05) is 39.6 Å². The summed E-state index contributed by atoms with van der Waals surface area (Å²) >= 11 is 0. The van der Waals surface area contributed by atoms with Gasteiger partial charge in [0.15, 0.2) is 12.2 Å². The van der Waals surface area contributed by atoms with Crippen LogP contribution in [0.3, 0.4) is 0 Å². The lowest BCUT2D eigenvalue weighted by Crippen LogP contribution is -2.30. The molecule has 0 rings (SSSR count). The minimum atomic E-state index is -4.96. The molecule has 0 aliphatic rings. The Balaban J connectivity index is 5.18. The Labute approximate surface area is 594 Å². The molecular formula is C78H152O17P2. The first-order valence-electron chi connectivity index (χ1n) is 40.6. The summed E-state index contributed by atoms with van der Waals surface area (Å²) in [6, 6.07) is 0. The number of unbranched alkanes of at least 4 members (excludes halogenated alkanes) is 50. The Bertz CT molecular complexity index is 1860. The molecule has 0 aliphatic heterocycles. The molecule has 0 saturated heterocycles. The number of aliphatic hydroxyl groups excluding tert-OH is 1. The van der Waals surface area contributed by atoms with Crippen molar-refractivity contribution < 1.29 is 80.2 Å². The fourth-order valence-electron chi connectivity index (χ4n) is 12.1. The maximum Gasteiger partial charge on any atom is 0.472 e. The lowest BCUT2D eigenvalue weighted by molar-refractivity contribution is -0.161. The molecule has 0 aromatic rings. The summed E-state index contributed by atoms with van der Waals surface area (Å²) < 4.78 is 68.5. The van der Waals surface area contributed by atoms with Crippen LogP contribution in [0.15, 0.2) is 0 Å². The van der Waals surface area contributed by atoms with E-state index in [1.165, 1.54) is 231 Å². The molecule has 5 atom stereocenters. The zero-order valence-electron chi connectivity index (χ0n) is 63.2. The highest BCUT2D eigenvalue weighted by Gasteiger charge is 2.30. The van der Waals surface area contributed by atoms with Crippen molar-refractivity contribution in [3.63, 3.8) is 0 Å². The van der Waals surface area contributed by atoms with Gasteiger partial charge in [0.05, 0.1) is 26.4 Å². The molecule has 576 valence electrons. The Morgan fingerprint density at radius 1 is 0.278 bits per heavy atom. The molecule has 0 saturated carbocycles. The topological polar surface area (TPSA) is 237 Å². The lowest BCUT2D eigenvalue weighted by atomic mass is 10.0. The zero-order chi connectivity index (χ0) is 71.2. The van der Waals surface area contributed by atoms with Crippen LogP contribution in [0.2, 0.25) is 0 Å². The highest BCUT2D eigenvalue weighted by Crippen LogP contribution is 2.45. The fourth-order valence-corrected chi connectivity index (χ4v) is 13.6. The Hall–Kier alpha value is -1.94. The van der Waals surface area contributed by atoms with E-state index in [0.717, 1.165) is 96.3 Å². The van der Waals surface area contributed by atoms with Crippen molar-refractivity contribution in [2.45, 2.75) is 432 Å². The van der Waals surface area contributed by atoms with Crippen molar-refractivity contribution in [1.82, 2.24) is 0 Å². The highest BCUT2D eigenvalue weighted by atomic mass is 31.2. The van der Waals surface area contributed by atoms with Gasteiger partial charge in [-0.1, -0.05) is 362 Å². The summed E-state index contributed by atoms with van der Waals surface area (Å²) in [4.78, 5) is 72.8. The van der Waals surface area contributed by atoms with Gasteiger partial charge in [0.25, 0.3) is 0 Å². The molecule has 0 aromatic carbocycles. The number of carbonyl (C=O) groups excluding carboxylic acids is 4. The largest absolute Gasteiger partial charge is 0.472 e. The maximum absolute atomic E-state index is 13.1. The number of rotatable bonds is 78. The van der Waals surface area contributed by atoms with E-state index in [0.29, 0.717) is 31.6 Å². The van der Waals surface area contributed by atoms with Crippen LogP contribution in [0.1, 0.15) is 413 Å². The first-order valence-corrected chi connectivity index (χ1v) is 43.6. The average molecular weight is 1420 g/mol. The second-order valence-corrected chi connectivity index (χ2v) is 31.5. The van der Waals surface area contributed by atoms with E-state index < -0.39 is 97.5 Å². The Morgan fingerprint density at radius 3 is 0.701 bits per heavy atom. The molecule has 0 spiro atoms. The predicted molar refractivity (Wildman–Crippen MR) is 395 cm³/mol. The maximum atomic E-state index is 13.1. The molecular weight excluding hydrogens is 1270 g/mol. The summed E-state index contributed by atoms with van der Waals surface area (Å²) in [6.07, 6.45) is 61.4. The van der Waals surface area contributed by atoms with Crippen molar-refractivity contribution in [3.05, 3.63) is 0 Å². The summed E-state index contributed by atoms with van der Waals surface area (Å²) in [5, 5.41) is 10.6. The monoisotopic (exact) mass is 1420 g/mol. The fraction of sp³-hybridized carbons (Fsp3) is 0.949. The third kappa shape index (κ3) is 72.2. The second kappa shape index (κ2) is 71.1. The number of ether oxygens (including phenoxy) is 4. The van der Waals surface area contributed by atoms with Crippen molar-refractivity contribution >= 4 is 39.5 Å². The van der Waals surface area contributed by atoms with Crippen LogP contribution in [0.5, 0.6) is 0 Å². The molecule has 17 nitrogen and oxygen atoms in total. The quantitative estimate of drug-likeness (QED) is 0.0222. The van der Waals surface area contributed by atoms with Crippen molar-refractivity contribution in [3.8, 4) is 0 Å². The van der Waals surface area contributed by atoms with Crippen molar-refractivity contribution in [2.24, 2.45) is 5.92 Å². The molecule has 97 heavy (non-hydrogen) atoms. The minimum Gasteiger partial charge on any atom is -0.462 e. The molecule has 0 amide bonds. The van der Waals surface area contributed by atoms with Gasteiger partial charge < -0.3 is 33.8 Å². The third-order valence-corrected chi connectivity index (χ3v) is 20.2. The molecule has 0 heterocycles. The van der Waals surface area contributed by atoms with E-state index in [1.54, 1.807) is 0 Å². The second-order valence-electron chi connectivity index (χ2n) is 28.6. The van der Waals surface area contributed by atoms with Crippen LogP contribution >= 0.6 is 15.6 Å². The SMILES string of the molecule is CCCCCCCCCCCCCCCCCCCCCC(=O)OC[C@H](COP(=O)(O)OC[C@@H](O)COP(=O)(O)OC[C@@H](COC(=O)CCCCCCCCC(C)C)OC(=O)CCCCCCCCCCCC)OC(=O)CCCCCCCCCCCCCCCCCCCCC. The van der Waals surface area contributed by atoms with Crippen LogP contribution in [0, 0.1) is 5.92 Å². The van der Waals surface area contributed by atoms with Crippen LogP contribution in [-0.2, 0) is 65.4 Å². The van der Waals surface area contributed by atoms with E-state index >= 15 is 0 Å². The third-order valence-electron chi connectivity index (χ3n) is 18.3. The molecule has 0 fully saturated rings. The van der Waals surface area contributed by atoms with Crippen molar-refractivity contribution in [1.29, 1.82) is 0 Å². The van der Waals surface area contributed by atoms with Gasteiger partial charge in [-0.05, 0) is 31.6 Å². The molecule has 2 unspecified atom stereocenters. The van der Waals surface area contributed by atoms with Gasteiger partial charge in [-0.25, -0.2) is 9.13 Å². The van der Waals surface area contributed by atoms with Gasteiger partial charge in [0.1, 0.15) is 19.3 Å². The van der Waals surface area contributed by atoms with E-state index in [4.69, 9.17) is 37.0 Å². The predicted octanol–water partition coefficient (Wildman–Crippen LogP) is 23.3. The van der Waals surface area contributed by atoms with E-state index in [1.807, 2.05) is 0 Å². The van der Waals surface area contributed by atoms with Crippen LogP contribution in [-0.4, -0.2) is 96.7 Å². The van der Waals surface area contributed by atoms with Gasteiger partial charge in [-0.15, -0.1) is 0 Å². The van der Waals surface area contributed by atoms with Gasteiger partial charge in [0.2, 0.25) is 0 Å².